The number of phenols is 3. The fraction of sp³-hybridized carbons (Fsp3) is 0.500. The lowest BCUT2D eigenvalue weighted by Crippen LogP contribution is -2.64. The first-order chi connectivity index (χ1) is 21.4. The van der Waals surface area contributed by atoms with E-state index in [2.05, 4.69) is 0 Å². The van der Waals surface area contributed by atoms with Gasteiger partial charge < -0.3 is 69.3 Å². The third kappa shape index (κ3) is 8.40. The quantitative estimate of drug-likeness (QED) is 0.0862. The number of hydrogen-bond donors (Lipinski definition) is 8. The molecule has 10 atom stereocenters. The minimum absolute atomic E-state index is 0.0649. The average Bonchev–Trinajstić information content (AvgIpc) is 3.02. The van der Waals surface area contributed by atoms with Crippen molar-refractivity contribution in [2.45, 2.75) is 74.8 Å². The van der Waals surface area contributed by atoms with Gasteiger partial charge in [0.2, 0.25) is 0 Å². The van der Waals surface area contributed by atoms with Crippen molar-refractivity contribution >= 4 is 12.0 Å². The Hall–Kier alpha value is -3.51. The number of aliphatic hydroxyl groups excluding tert-OH is 5. The summed E-state index contributed by atoms with van der Waals surface area (Å²) in [5.41, 5.74) is 1.11. The first kappa shape index (κ1) is 34.4. The van der Waals surface area contributed by atoms with E-state index < -0.39 is 74.0 Å². The smallest absolute Gasteiger partial charge is 0.330 e. The molecule has 2 heterocycles. The van der Waals surface area contributed by atoms with Gasteiger partial charge in [-0.3, -0.25) is 0 Å². The number of ether oxygens (including phenoxy) is 6. The lowest BCUT2D eigenvalue weighted by molar-refractivity contribution is -0.357. The molecule has 0 spiro atoms. The Morgan fingerprint density at radius 3 is 2.29 bits per heavy atom. The van der Waals surface area contributed by atoms with Gasteiger partial charge in [-0.05, 0) is 54.8 Å². The Balaban J connectivity index is 1.44. The van der Waals surface area contributed by atoms with Crippen LogP contribution in [0, 0.1) is 0 Å². The topological polar surface area (TPSA) is 234 Å². The van der Waals surface area contributed by atoms with Gasteiger partial charge in [0.1, 0.15) is 49.3 Å². The van der Waals surface area contributed by atoms with Gasteiger partial charge in [0.15, 0.2) is 35.6 Å². The number of aliphatic hydroxyl groups is 5. The Labute approximate surface area is 258 Å². The Morgan fingerprint density at radius 1 is 0.844 bits per heavy atom. The standard InChI is InChI=1S/C30H38O15/c1-14-23(35)25(37)26(38)30(43-14)45-28-24(36)21(13-42-22(34)8-5-15-4-7-18(32)20(12-15)40-2)44-29(27(28)39)41-10-9-16-3-6-17(31)19(33)11-16/h3-8,11-12,14,21,23-33,35-39H,9-10,13H2,1-2H3/b8-5+/t14-,21-,23-,24-,25+,26+,27-,28+,29-,30+/m1/s1. The van der Waals surface area contributed by atoms with Gasteiger partial charge in [-0.2, -0.15) is 0 Å². The third-order valence-electron chi connectivity index (χ3n) is 7.46. The first-order valence-corrected chi connectivity index (χ1v) is 14.1. The summed E-state index contributed by atoms with van der Waals surface area (Å²) in [6, 6.07) is 8.61. The van der Waals surface area contributed by atoms with Crippen molar-refractivity contribution < 1.29 is 74.1 Å². The number of hydrogen-bond acceptors (Lipinski definition) is 15. The number of phenolic OH excluding ortho intramolecular Hbond substituents is 3. The predicted molar refractivity (Wildman–Crippen MR) is 152 cm³/mol. The molecule has 2 aliphatic rings. The second kappa shape index (κ2) is 15.2. The van der Waals surface area contributed by atoms with Crippen LogP contribution in [0.15, 0.2) is 42.5 Å². The Bertz CT molecular complexity index is 1320. The van der Waals surface area contributed by atoms with Gasteiger partial charge in [-0.15, -0.1) is 0 Å². The molecule has 2 aromatic carbocycles. The van der Waals surface area contributed by atoms with Crippen molar-refractivity contribution in [1.29, 1.82) is 0 Å². The number of carbonyl (C=O) groups excluding carboxylic acids is 1. The van der Waals surface area contributed by atoms with Gasteiger partial charge in [0, 0.05) is 6.08 Å². The van der Waals surface area contributed by atoms with Crippen molar-refractivity contribution in [2.75, 3.05) is 20.3 Å². The zero-order chi connectivity index (χ0) is 32.8. The highest BCUT2D eigenvalue weighted by Crippen LogP contribution is 2.31. The van der Waals surface area contributed by atoms with E-state index in [-0.39, 0.29) is 36.0 Å². The normalized spacial score (nSPS) is 32.0. The molecular weight excluding hydrogens is 600 g/mol. The van der Waals surface area contributed by atoms with Crippen LogP contribution >= 0.6 is 0 Å². The monoisotopic (exact) mass is 638 g/mol. The van der Waals surface area contributed by atoms with Crippen LogP contribution in [-0.2, 0) is 34.9 Å². The maximum Gasteiger partial charge on any atom is 0.330 e. The largest absolute Gasteiger partial charge is 0.504 e. The van der Waals surface area contributed by atoms with Gasteiger partial charge in [0.05, 0.1) is 19.8 Å². The molecule has 15 nitrogen and oxygen atoms in total. The molecule has 45 heavy (non-hydrogen) atoms. The number of rotatable bonds is 11. The van der Waals surface area contributed by atoms with Crippen molar-refractivity contribution in [2.24, 2.45) is 0 Å². The highest BCUT2D eigenvalue weighted by Gasteiger charge is 2.50. The SMILES string of the molecule is COc1cc(/C=C/C(=O)OC[C@H]2O[C@@H](OCCc3ccc(O)c(O)c3)[C@H](O)[C@@H](O[C@@H]3O[C@H](C)[C@@H](O)[C@H](O)[C@@H]3O)[C@@H]2O)ccc1O. The molecule has 0 saturated carbocycles. The minimum Gasteiger partial charge on any atom is -0.504 e. The lowest BCUT2D eigenvalue weighted by Gasteiger charge is -2.45. The molecule has 4 rings (SSSR count). The average molecular weight is 639 g/mol. The Morgan fingerprint density at radius 2 is 1.58 bits per heavy atom. The maximum absolute atomic E-state index is 12.5. The molecule has 2 aromatic rings. The summed E-state index contributed by atoms with van der Waals surface area (Å²) >= 11 is 0. The van der Waals surface area contributed by atoms with Gasteiger partial charge in [-0.25, -0.2) is 4.79 Å². The van der Waals surface area contributed by atoms with E-state index in [9.17, 15) is 45.6 Å². The fourth-order valence-corrected chi connectivity index (χ4v) is 4.81. The predicted octanol–water partition coefficient (Wildman–Crippen LogP) is -0.713. The van der Waals surface area contributed by atoms with Crippen molar-refractivity contribution in [3.05, 3.63) is 53.6 Å². The highest BCUT2D eigenvalue weighted by atomic mass is 16.7. The first-order valence-electron chi connectivity index (χ1n) is 14.1. The maximum atomic E-state index is 12.5. The van der Waals surface area contributed by atoms with Crippen LogP contribution < -0.4 is 4.74 Å². The van der Waals surface area contributed by atoms with Crippen LogP contribution in [0.1, 0.15) is 18.1 Å². The minimum atomic E-state index is -1.74. The number of benzene rings is 2. The van der Waals surface area contributed by atoms with Crippen molar-refractivity contribution in [3.8, 4) is 23.0 Å². The van der Waals surface area contributed by atoms with E-state index in [1.165, 1.54) is 44.4 Å². The number of aromatic hydroxyl groups is 3. The summed E-state index contributed by atoms with van der Waals surface area (Å²) in [6.45, 7) is 0.849. The van der Waals surface area contributed by atoms with Crippen molar-refractivity contribution in [1.82, 2.24) is 0 Å². The molecular formula is C30H38O15. The van der Waals surface area contributed by atoms with E-state index in [4.69, 9.17) is 28.4 Å². The second-order valence-electron chi connectivity index (χ2n) is 10.6. The third-order valence-corrected chi connectivity index (χ3v) is 7.46. The second-order valence-corrected chi connectivity index (χ2v) is 10.6. The van der Waals surface area contributed by atoms with E-state index in [0.29, 0.717) is 11.1 Å². The molecule has 0 unspecified atom stereocenters. The fourth-order valence-electron chi connectivity index (χ4n) is 4.81. The summed E-state index contributed by atoms with van der Waals surface area (Å²) in [5.74, 6) is -1.32. The molecule has 8 N–H and O–H groups in total. The number of esters is 1. The molecule has 248 valence electrons. The van der Waals surface area contributed by atoms with Crippen LogP contribution in [-0.4, -0.2) is 129 Å². The van der Waals surface area contributed by atoms with Gasteiger partial charge in [-0.1, -0.05) is 12.1 Å². The van der Waals surface area contributed by atoms with Crippen molar-refractivity contribution in [3.63, 3.8) is 0 Å². The summed E-state index contributed by atoms with van der Waals surface area (Å²) in [4.78, 5) is 12.5. The van der Waals surface area contributed by atoms with E-state index >= 15 is 0 Å². The molecule has 0 aliphatic carbocycles. The molecule has 15 heteroatoms. The molecule has 2 aliphatic heterocycles. The summed E-state index contributed by atoms with van der Waals surface area (Å²) in [6.07, 6.45) is -12.2. The number of carbonyl (C=O) groups is 1. The summed E-state index contributed by atoms with van der Waals surface area (Å²) < 4.78 is 32.9. The Kier molecular flexibility index (Phi) is 11.6. The molecule has 0 aromatic heterocycles. The number of methoxy groups -OCH3 is 1. The molecule has 0 bridgehead atoms. The van der Waals surface area contributed by atoms with Crippen LogP contribution in [0.25, 0.3) is 6.08 Å². The van der Waals surface area contributed by atoms with E-state index in [1.54, 1.807) is 12.1 Å². The van der Waals surface area contributed by atoms with E-state index in [0.717, 1.165) is 6.08 Å². The molecule has 0 amide bonds. The van der Waals surface area contributed by atoms with Gasteiger partial charge in [0.25, 0.3) is 0 Å². The van der Waals surface area contributed by atoms with Crippen LogP contribution in [0.5, 0.6) is 23.0 Å². The van der Waals surface area contributed by atoms with Crippen LogP contribution in [0.3, 0.4) is 0 Å². The van der Waals surface area contributed by atoms with Gasteiger partial charge >= 0.3 is 5.97 Å². The zero-order valence-corrected chi connectivity index (χ0v) is 24.4. The molecule has 2 fully saturated rings. The van der Waals surface area contributed by atoms with Crippen LogP contribution in [0.4, 0.5) is 0 Å². The lowest BCUT2D eigenvalue weighted by atomic mass is 9.97. The summed E-state index contributed by atoms with van der Waals surface area (Å²) in [5, 5.41) is 81.7. The highest BCUT2D eigenvalue weighted by molar-refractivity contribution is 5.87. The van der Waals surface area contributed by atoms with Crippen LogP contribution in [0.2, 0.25) is 0 Å². The van der Waals surface area contributed by atoms with E-state index in [1.807, 2.05) is 0 Å². The zero-order valence-electron chi connectivity index (χ0n) is 24.4. The molecule has 2 saturated heterocycles. The summed E-state index contributed by atoms with van der Waals surface area (Å²) in [7, 11) is 1.38. The molecule has 0 radical (unpaired) electrons.